The van der Waals surface area contributed by atoms with E-state index in [1.807, 2.05) is 0 Å². The quantitative estimate of drug-likeness (QED) is 0.525. The molecule has 1 atom stereocenters. The van der Waals surface area contributed by atoms with Crippen LogP contribution < -0.4 is 5.32 Å². The lowest BCUT2D eigenvalue weighted by Crippen LogP contribution is -2.56. The number of likely N-dealkylation sites (N-methyl/N-ethyl adjacent to an activating group) is 1. The molecule has 0 heterocycles. The van der Waals surface area contributed by atoms with E-state index in [0.717, 1.165) is 0 Å². The summed E-state index contributed by atoms with van der Waals surface area (Å²) in [6.07, 6.45) is 0.298. The van der Waals surface area contributed by atoms with Crippen LogP contribution in [-0.2, 0) is 9.53 Å². The lowest BCUT2D eigenvalue weighted by Gasteiger charge is -2.29. The van der Waals surface area contributed by atoms with Crippen molar-refractivity contribution in [3.05, 3.63) is 0 Å². The molecule has 0 saturated carbocycles. The van der Waals surface area contributed by atoms with Gasteiger partial charge in [-0.2, -0.15) is 0 Å². The Hall–Kier alpha value is -1.34. The van der Waals surface area contributed by atoms with Crippen LogP contribution in [0.4, 0.5) is 4.79 Å². The highest BCUT2D eigenvalue weighted by Gasteiger charge is 2.33. The van der Waals surface area contributed by atoms with Gasteiger partial charge in [-0.15, -0.1) is 0 Å². The largest absolute Gasteiger partial charge is 0.480 e. The van der Waals surface area contributed by atoms with E-state index in [2.05, 4.69) is 5.32 Å². The summed E-state index contributed by atoms with van der Waals surface area (Å²) >= 11 is 0. The second-order valence-electron chi connectivity index (χ2n) is 4.34. The van der Waals surface area contributed by atoms with Crippen LogP contribution in [0.15, 0.2) is 0 Å². The number of carbonyl (C=O) groups is 2. The van der Waals surface area contributed by atoms with E-state index in [1.54, 1.807) is 13.8 Å². The Labute approximate surface area is 113 Å². The van der Waals surface area contributed by atoms with E-state index in [-0.39, 0.29) is 13.2 Å². The van der Waals surface area contributed by atoms with E-state index in [9.17, 15) is 9.59 Å². The third-order valence-electron chi connectivity index (χ3n) is 2.97. The van der Waals surface area contributed by atoms with Gasteiger partial charge in [0.15, 0.2) is 0 Å². The van der Waals surface area contributed by atoms with Crippen LogP contribution in [0.2, 0.25) is 0 Å². The molecule has 0 saturated heterocycles. The molecule has 0 spiro atoms. The number of aliphatic hydroxyl groups excluding tert-OH is 1. The molecule has 0 aromatic rings. The summed E-state index contributed by atoms with van der Waals surface area (Å²) in [6.45, 7) is 6.24. The zero-order valence-corrected chi connectivity index (χ0v) is 11.8. The van der Waals surface area contributed by atoms with Crippen LogP contribution in [0.3, 0.4) is 0 Å². The summed E-state index contributed by atoms with van der Waals surface area (Å²) in [5.74, 6) is -1.06. The molecule has 0 aliphatic rings. The number of ether oxygens (including phenoxy) is 1. The highest BCUT2D eigenvalue weighted by Crippen LogP contribution is 2.10. The van der Waals surface area contributed by atoms with Gasteiger partial charge in [0.05, 0.1) is 19.8 Å². The number of urea groups is 1. The minimum Gasteiger partial charge on any atom is -0.480 e. The fourth-order valence-electron chi connectivity index (χ4n) is 1.35. The van der Waals surface area contributed by atoms with Crippen LogP contribution in [-0.4, -0.2) is 65.6 Å². The van der Waals surface area contributed by atoms with Crippen molar-refractivity contribution in [3.63, 3.8) is 0 Å². The number of aliphatic carboxylic acids is 1. The number of carbonyl (C=O) groups excluding carboxylic acids is 1. The molecular formula is C12H24N2O5. The molecule has 0 aromatic carbocycles. The van der Waals surface area contributed by atoms with Crippen molar-refractivity contribution in [3.8, 4) is 0 Å². The summed E-state index contributed by atoms with van der Waals surface area (Å²) in [7, 11) is 0. The van der Waals surface area contributed by atoms with Crippen molar-refractivity contribution in [1.29, 1.82) is 0 Å². The molecule has 0 bridgehead atoms. The van der Waals surface area contributed by atoms with Gasteiger partial charge in [0, 0.05) is 13.1 Å². The number of amides is 2. The maximum absolute atomic E-state index is 12.0. The Morgan fingerprint density at radius 1 is 1.32 bits per heavy atom. The SMILES string of the molecule is CCN(CCOCCO)C(=O)NC(C)(CC)C(=O)O. The summed E-state index contributed by atoms with van der Waals surface area (Å²) in [4.78, 5) is 24.5. The van der Waals surface area contributed by atoms with Gasteiger partial charge < -0.3 is 25.2 Å². The maximum Gasteiger partial charge on any atom is 0.329 e. The minimum absolute atomic E-state index is 0.0642. The highest BCUT2D eigenvalue weighted by molar-refractivity contribution is 5.85. The predicted octanol–water partition coefficient (Wildman–Crippen LogP) is 0.280. The Morgan fingerprint density at radius 3 is 2.37 bits per heavy atom. The molecule has 3 N–H and O–H groups in total. The molecular weight excluding hydrogens is 252 g/mol. The molecule has 0 aromatic heterocycles. The van der Waals surface area contributed by atoms with Crippen molar-refractivity contribution in [1.82, 2.24) is 10.2 Å². The van der Waals surface area contributed by atoms with E-state index < -0.39 is 17.5 Å². The summed E-state index contributed by atoms with van der Waals surface area (Å²) in [6, 6.07) is -0.429. The van der Waals surface area contributed by atoms with Crippen molar-refractivity contribution in [2.45, 2.75) is 32.7 Å². The highest BCUT2D eigenvalue weighted by atomic mass is 16.5. The Kier molecular flexibility index (Phi) is 8.09. The molecule has 7 nitrogen and oxygen atoms in total. The smallest absolute Gasteiger partial charge is 0.329 e. The van der Waals surface area contributed by atoms with Crippen molar-refractivity contribution >= 4 is 12.0 Å². The van der Waals surface area contributed by atoms with Crippen LogP contribution in [0.25, 0.3) is 0 Å². The second-order valence-corrected chi connectivity index (χ2v) is 4.34. The molecule has 7 heteroatoms. The lowest BCUT2D eigenvalue weighted by atomic mass is 10.00. The number of nitrogens with zero attached hydrogens (tertiary/aromatic N) is 1. The Morgan fingerprint density at radius 2 is 1.95 bits per heavy atom. The number of hydrogen-bond donors (Lipinski definition) is 3. The molecule has 0 fully saturated rings. The van der Waals surface area contributed by atoms with Gasteiger partial charge in [-0.1, -0.05) is 6.92 Å². The zero-order valence-electron chi connectivity index (χ0n) is 11.8. The normalized spacial score (nSPS) is 13.7. The van der Waals surface area contributed by atoms with Gasteiger partial charge in [0.2, 0.25) is 0 Å². The van der Waals surface area contributed by atoms with Crippen LogP contribution >= 0.6 is 0 Å². The van der Waals surface area contributed by atoms with E-state index in [0.29, 0.717) is 26.1 Å². The van der Waals surface area contributed by atoms with Gasteiger partial charge in [0.25, 0.3) is 0 Å². The summed E-state index contributed by atoms with van der Waals surface area (Å²) in [5, 5.41) is 20.2. The Bertz CT molecular complexity index is 298. The van der Waals surface area contributed by atoms with Gasteiger partial charge >= 0.3 is 12.0 Å². The zero-order chi connectivity index (χ0) is 14.9. The van der Waals surface area contributed by atoms with Gasteiger partial charge in [-0.3, -0.25) is 0 Å². The first-order chi connectivity index (χ1) is 8.91. The molecule has 112 valence electrons. The number of carboxylic acid groups (broad SMARTS) is 1. The molecule has 0 rings (SSSR count). The molecule has 2 amide bonds. The van der Waals surface area contributed by atoms with Crippen molar-refractivity contribution < 1.29 is 24.5 Å². The number of hydrogen-bond acceptors (Lipinski definition) is 4. The summed E-state index contributed by atoms with van der Waals surface area (Å²) < 4.78 is 5.08. The third kappa shape index (κ3) is 5.89. The number of carboxylic acids is 1. The molecule has 1 unspecified atom stereocenters. The number of rotatable bonds is 9. The first-order valence-corrected chi connectivity index (χ1v) is 6.40. The van der Waals surface area contributed by atoms with E-state index >= 15 is 0 Å². The van der Waals surface area contributed by atoms with Crippen LogP contribution in [0.1, 0.15) is 27.2 Å². The van der Waals surface area contributed by atoms with Gasteiger partial charge in [0.1, 0.15) is 5.54 Å². The van der Waals surface area contributed by atoms with E-state index in [4.69, 9.17) is 14.9 Å². The van der Waals surface area contributed by atoms with Crippen molar-refractivity contribution in [2.24, 2.45) is 0 Å². The lowest BCUT2D eigenvalue weighted by molar-refractivity contribution is -0.143. The first-order valence-electron chi connectivity index (χ1n) is 6.40. The first kappa shape index (κ1) is 17.7. The predicted molar refractivity (Wildman–Crippen MR) is 70.0 cm³/mol. The monoisotopic (exact) mass is 276 g/mol. The van der Waals surface area contributed by atoms with Crippen LogP contribution in [0.5, 0.6) is 0 Å². The Balaban J connectivity index is 4.38. The fourth-order valence-corrected chi connectivity index (χ4v) is 1.35. The summed E-state index contributed by atoms with van der Waals surface area (Å²) in [5.41, 5.74) is -1.27. The molecule has 19 heavy (non-hydrogen) atoms. The molecule has 0 aliphatic heterocycles. The van der Waals surface area contributed by atoms with Gasteiger partial charge in [-0.25, -0.2) is 9.59 Å². The maximum atomic E-state index is 12.0. The standard InChI is InChI=1S/C12H24N2O5/c1-4-12(3,10(16)17)13-11(18)14(5-2)6-8-19-9-7-15/h15H,4-9H2,1-3H3,(H,13,18)(H,16,17). The average Bonchev–Trinajstić information content (AvgIpc) is 2.38. The van der Waals surface area contributed by atoms with Crippen molar-refractivity contribution in [2.75, 3.05) is 32.9 Å². The third-order valence-corrected chi connectivity index (χ3v) is 2.97. The molecule has 0 radical (unpaired) electrons. The van der Waals surface area contributed by atoms with E-state index in [1.165, 1.54) is 11.8 Å². The molecule has 0 aliphatic carbocycles. The second kappa shape index (κ2) is 8.71. The average molecular weight is 276 g/mol. The fraction of sp³-hybridized carbons (Fsp3) is 0.833. The van der Waals surface area contributed by atoms with Gasteiger partial charge in [-0.05, 0) is 20.3 Å². The number of aliphatic hydroxyl groups is 1. The topological polar surface area (TPSA) is 99.1 Å². The van der Waals surface area contributed by atoms with Crippen LogP contribution in [0, 0.1) is 0 Å². The minimum atomic E-state index is -1.27. The number of nitrogens with one attached hydrogen (secondary N) is 1.